The van der Waals surface area contributed by atoms with Gasteiger partial charge in [0.25, 0.3) is 5.89 Å². The van der Waals surface area contributed by atoms with Gasteiger partial charge >= 0.3 is 6.18 Å². The molecule has 2 rings (SSSR count). The average Bonchev–Trinajstić information content (AvgIpc) is 2.92. The van der Waals surface area contributed by atoms with Crippen LogP contribution in [0, 0.1) is 6.92 Å². The zero-order valence-electron chi connectivity index (χ0n) is 12.9. The first-order valence-electron chi connectivity index (χ1n) is 7.06. The molecule has 0 aromatic carbocycles. The highest BCUT2D eigenvalue weighted by atomic mass is 19.4. The molecule has 0 fully saturated rings. The van der Waals surface area contributed by atoms with Gasteiger partial charge in [0.2, 0.25) is 5.88 Å². The van der Waals surface area contributed by atoms with Crippen molar-refractivity contribution in [3.8, 4) is 17.3 Å². The van der Waals surface area contributed by atoms with E-state index in [-0.39, 0.29) is 11.8 Å². The van der Waals surface area contributed by atoms with Gasteiger partial charge in [-0.2, -0.15) is 18.2 Å². The molecule has 1 unspecified atom stereocenters. The summed E-state index contributed by atoms with van der Waals surface area (Å²) in [6, 6.07) is 2.89. The smallest absolute Gasteiger partial charge is 0.425 e. The third-order valence-corrected chi connectivity index (χ3v) is 3.05. The predicted molar refractivity (Wildman–Crippen MR) is 75.8 cm³/mol. The summed E-state index contributed by atoms with van der Waals surface area (Å²) in [5.41, 5.74) is 0.989. The molecule has 126 valence electrons. The molecular weight excluding hydrogens is 313 g/mol. The molecule has 23 heavy (non-hydrogen) atoms. The lowest BCUT2D eigenvalue weighted by Gasteiger charge is -2.17. The first kappa shape index (κ1) is 17.2. The van der Waals surface area contributed by atoms with Crippen molar-refractivity contribution >= 4 is 0 Å². The van der Waals surface area contributed by atoms with Crippen molar-refractivity contribution in [3.63, 3.8) is 0 Å². The van der Waals surface area contributed by atoms with E-state index in [1.165, 1.54) is 6.07 Å². The fraction of sp³-hybridized carbons (Fsp3) is 0.500. The van der Waals surface area contributed by atoms with Gasteiger partial charge in [-0.1, -0.05) is 12.1 Å². The molecule has 6 nitrogen and oxygen atoms in total. The molecule has 2 aromatic rings. The lowest BCUT2D eigenvalue weighted by molar-refractivity contribution is -0.190. The van der Waals surface area contributed by atoms with Crippen LogP contribution in [0.2, 0.25) is 0 Å². The molecule has 1 N–H and O–H groups in total. The maximum absolute atomic E-state index is 12.5. The number of rotatable bonds is 6. The molecule has 0 aliphatic carbocycles. The number of pyridine rings is 1. The molecule has 0 amide bonds. The van der Waals surface area contributed by atoms with E-state index in [0.717, 1.165) is 13.5 Å². The first-order valence-corrected chi connectivity index (χ1v) is 7.06. The van der Waals surface area contributed by atoms with E-state index in [1.807, 2.05) is 6.92 Å². The summed E-state index contributed by atoms with van der Waals surface area (Å²) in [7, 11) is 0. The third-order valence-electron chi connectivity index (χ3n) is 3.05. The Labute approximate surface area is 131 Å². The second kappa shape index (κ2) is 6.95. The molecule has 1 atom stereocenters. The van der Waals surface area contributed by atoms with Crippen molar-refractivity contribution in [1.29, 1.82) is 0 Å². The van der Waals surface area contributed by atoms with Gasteiger partial charge in [-0.15, -0.1) is 0 Å². The molecule has 0 aliphatic heterocycles. The van der Waals surface area contributed by atoms with Gasteiger partial charge in [-0.3, -0.25) is 0 Å². The second-order valence-electron chi connectivity index (χ2n) is 4.88. The van der Waals surface area contributed by atoms with Crippen LogP contribution in [-0.4, -0.2) is 33.9 Å². The summed E-state index contributed by atoms with van der Waals surface area (Å²) >= 11 is 0. The largest absolute Gasteiger partial charge is 0.465 e. The van der Waals surface area contributed by atoms with Crippen molar-refractivity contribution < 1.29 is 22.4 Å². The Balaban J connectivity index is 2.14. The zero-order chi connectivity index (χ0) is 17.0. The van der Waals surface area contributed by atoms with Gasteiger partial charge in [-0.25, -0.2) is 4.98 Å². The minimum atomic E-state index is -4.44. The minimum Gasteiger partial charge on any atom is -0.465 e. The van der Waals surface area contributed by atoms with Gasteiger partial charge in [-0.05, 0) is 26.5 Å². The van der Waals surface area contributed by atoms with Gasteiger partial charge in [0.1, 0.15) is 0 Å². The van der Waals surface area contributed by atoms with Crippen LogP contribution in [0.3, 0.4) is 0 Å². The Bertz CT molecular complexity index is 658. The standard InChI is InChI=1S/C14H17F3N4O2/c1-4-18-7-11-20-13(23-21-11)10-5-6-12(19-8(10)2)22-9(3)14(15,16)17/h5-6,9,18H,4,7H2,1-3H3. The summed E-state index contributed by atoms with van der Waals surface area (Å²) in [6.45, 7) is 5.75. The van der Waals surface area contributed by atoms with Crippen molar-refractivity contribution in [3.05, 3.63) is 23.7 Å². The van der Waals surface area contributed by atoms with E-state index in [9.17, 15) is 13.2 Å². The number of aryl methyl sites for hydroxylation is 1. The van der Waals surface area contributed by atoms with Gasteiger partial charge < -0.3 is 14.6 Å². The molecule has 0 radical (unpaired) electrons. The van der Waals surface area contributed by atoms with Crippen LogP contribution >= 0.6 is 0 Å². The first-order chi connectivity index (χ1) is 10.8. The lowest BCUT2D eigenvalue weighted by Crippen LogP contribution is -2.31. The summed E-state index contributed by atoms with van der Waals surface area (Å²) in [4.78, 5) is 8.22. The van der Waals surface area contributed by atoms with Gasteiger partial charge in [0.05, 0.1) is 17.8 Å². The summed E-state index contributed by atoms with van der Waals surface area (Å²) < 4.78 is 47.4. The van der Waals surface area contributed by atoms with Crippen molar-refractivity contribution in [1.82, 2.24) is 20.4 Å². The molecular formula is C14H17F3N4O2. The number of hydrogen-bond donors (Lipinski definition) is 1. The summed E-state index contributed by atoms with van der Waals surface area (Å²) in [5, 5.41) is 6.88. The van der Waals surface area contributed by atoms with Crippen LogP contribution in [0.25, 0.3) is 11.5 Å². The number of hydrogen-bond acceptors (Lipinski definition) is 6. The molecule has 2 heterocycles. The molecule has 0 spiro atoms. The maximum atomic E-state index is 12.5. The van der Waals surface area contributed by atoms with E-state index >= 15 is 0 Å². The molecule has 0 aliphatic rings. The maximum Gasteiger partial charge on any atom is 0.425 e. The Kier molecular flexibility index (Phi) is 5.19. The second-order valence-corrected chi connectivity index (χ2v) is 4.88. The highest BCUT2D eigenvalue weighted by Crippen LogP contribution is 2.27. The Morgan fingerprint density at radius 2 is 2.04 bits per heavy atom. The summed E-state index contributed by atoms with van der Waals surface area (Å²) in [6.07, 6.45) is -6.38. The Hall–Kier alpha value is -2.16. The SMILES string of the molecule is CCNCc1noc(-c2ccc(OC(C)C(F)(F)F)nc2C)n1. The number of aromatic nitrogens is 3. The van der Waals surface area contributed by atoms with Crippen molar-refractivity contribution in [2.75, 3.05) is 6.54 Å². The third kappa shape index (κ3) is 4.41. The quantitative estimate of drug-likeness (QED) is 0.878. The van der Waals surface area contributed by atoms with Crippen molar-refractivity contribution in [2.45, 2.75) is 39.6 Å². The topological polar surface area (TPSA) is 73.1 Å². The van der Waals surface area contributed by atoms with Crippen LogP contribution in [0.15, 0.2) is 16.7 Å². The lowest BCUT2D eigenvalue weighted by atomic mass is 10.2. The van der Waals surface area contributed by atoms with Crippen LogP contribution in [0.5, 0.6) is 5.88 Å². The molecule has 0 saturated carbocycles. The normalized spacial score (nSPS) is 13.1. The zero-order valence-corrected chi connectivity index (χ0v) is 12.9. The highest BCUT2D eigenvalue weighted by Gasteiger charge is 2.38. The molecule has 9 heteroatoms. The number of nitrogens with one attached hydrogen (secondary N) is 1. The predicted octanol–water partition coefficient (Wildman–Crippen LogP) is 2.88. The number of ether oxygens (including phenoxy) is 1. The Morgan fingerprint density at radius 1 is 1.30 bits per heavy atom. The van der Waals surface area contributed by atoms with E-state index in [1.54, 1.807) is 13.0 Å². The number of alkyl halides is 3. The average molecular weight is 330 g/mol. The monoisotopic (exact) mass is 330 g/mol. The van der Waals surface area contributed by atoms with Crippen molar-refractivity contribution in [2.24, 2.45) is 0 Å². The van der Waals surface area contributed by atoms with Gasteiger partial charge in [0, 0.05) is 6.07 Å². The fourth-order valence-corrected chi connectivity index (χ4v) is 1.75. The summed E-state index contributed by atoms with van der Waals surface area (Å²) in [5.74, 6) is 0.647. The van der Waals surface area contributed by atoms with E-state index in [4.69, 9.17) is 9.26 Å². The van der Waals surface area contributed by atoms with Crippen LogP contribution < -0.4 is 10.1 Å². The Morgan fingerprint density at radius 3 is 2.65 bits per heavy atom. The van der Waals surface area contributed by atoms with E-state index < -0.39 is 12.3 Å². The minimum absolute atomic E-state index is 0.108. The fourth-order valence-electron chi connectivity index (χ4n) is 1.75. The molecule has 0 saturated heterocycles. The number of halogens is 3. The number of nitrogens with zero attached hydrogens (tertiary/aromatic N) is 3. The van der Waals surface area contributed by atoms with Crippen LogP contribution in [0.4, 0.5) is 13.2 Å². The molecule has 2 aromatic heterocycles. The molecule has 0 bridgehead atoms. The highest BCUT2D eigenvalue weighted by molar-refractivity contribution is 5.56. The van der Waals surface area contributed by atoms with Crippen LogP contribution in [-0.2, 0) is 6.54 Å². The van der Waals surface area contributed by atoms with Crippen LogP contribution in [0.1, 0.15) is 25.4 Å². The van der Waals surface area contributed by atoms with Gasteiger partial charge in [0.15, 0.2) is 11.9 Å². The van der Waals surface area contributed by atoms with E-state index in [0.29, 0.717) is 23.6 Å². The van der Waals surface area contributed by atoms with E-state index in [2.05, 4.69) is 20.4 Å².